The maximum absolute atomic E-state index is 11.8. The van der Waals surface area contributed by atoms with Gasteiger partial charge < -0.3 is 15.7 Å². The second kappa shape index (κ2) is 4.54. The summed E-state index contributed by atoms with van der Waals surface area (Å²) >= 11 is 1.49. The van der Waals surface area contributed by atoms with Crippen LogP contribution in [0.15, 0.2) is 0 Å². The van der Waals surface area contributed by atoms with Gasteiger partial charge in [0.1, 0.15) is 5.85 Å². The molecule has 1 rings (SSSR count). The molecule has 0 bridgehead atoms. The summed E-state index contributed by atoms with van der Waals surface area (Å²) in [6.07, 6.45) is 4.17. The molecular formula is C8H18NO3PS. The molecular weight excluding hydrogens is 221 g/mol. The number of nitrogens with two attached hydrogens (primary N) is 1. The molecule has 6 heteroatoms. The third kappa shape index (κ3) is 2.52. The highest BCUT2D eigenvalue weighted by Crippen LogP contribution is 2.62. The smallest absolute Gasteiger partial charge is 0.229 e. The van der Waals surface area contributed by atoms with Gasteiger partial charge >= 0.3 is 0 Å². The van der Waals surface area contributed by atoms with E-state index in [2.05, 4.69) is 0 Å². The molecule has 0 spiro atoms. The summed E-state index contributed by atoms with van der Waals surface area (Å²) in [6.45, 7) is 0.392. The molecule has 0 radical (unpaired) electrons. The summed E-state index contributed by atoms with van der Waals surface area (Å²) in [5.74, 6) is -1.07. The van der Waals surface area contributed by atoms with E-state index in [4.69, 9.17) is 5.73 Å². The molecule has 4 nitrogen and oxygen atoms in total. The Balaban J connectivity index is 2.58. The van der Waals surface area contributed by atoms with Gasteiger partial charge in [0.15, 0.2) is 0 Å². The van der Waals surface area contributed by atoms with Crippen LogP contribution in [-0.4, -0.2) is 39.6 Å². The third-order valence-electron chi connectivity index (χ3n) is 2.68. The molecule has 0 heterocycles. The van der Waals surface area contributed by atoms with Crippen molar-refractivity contribution in [2.45, 2.75) is 29.9 Å². The molecule has 0 aromatic heterocycles. The number of hydrogen-bond acceptors (Lipinski definition) is 4. The lowest BCUT2D eigenvalue weighted by Gasteiger charge is -2.24. The van der Waals surface area contributed by atoms with Gasteiger partial charge in [-0.05, 0) is 32.1 Å². The van der Waals surface area contributed by atoms with Crippen molar-refractivity contribution < 1.29 is 14.6 Å². The topological polar surface area (TPSA) is 83.5 Å². The fraction of sp³-hybridized carbons (Fsp3) is 1.00. The van der Waals surface area contributed by atoms with Gasteiger partial charge in [-0.2, -0.15) is 11.8 Å². The quantitative estimate of drug-likeness (QED) is 0.598. The first-order valence-electron chi connectivity index (χ1n) is 4.73. The molecule has 0 saturated heterocycles. The van der Waals surface area contributed by atoms with Crippen LogP contribution in [0.3, 0.4) is 0 Å². The van der Waals surface area contributed by atoms with Crippen LogP contribution in [0.5, 0.6) is 0 Å². The summed E-state index contributed by atoms with van der Waals surface area (Å²) in [4.78, 5) is 9.66. The van der Waals surface area contributed by atoms with Crippen LogP contribution in [0.1, 0.15) is 19.3 Å². The summed E-state index contributed by atoms with van der Waals surface area (Å²) < 4.78 is 11.4. The van der Waals surface area contributed by atoms with Gasteiger partial charge in [0.05, 0.1) is 4.75 Å². The Labute approximate surface area is 88.7 Å². The van der Waals surface area contributed by atoms with Gasteiger partial charge in [-0.25, -0.2) is 0 Å². The predicted molar refractivity (Wildman–Crippen MR) is 59.9 cm³/mol. The van der Waals surface area contributed by atoms with Crippen LogP contribution in [0.4, 0.5) is 0 Å². The lowest BCUT2D eigenvalue weighted by Crippen LogP contribution is -2.26. The van der Waals surface area contributed by atoms with E-state index in [1.54, 1.807) is 0 Å². The lowest BCUT2D eigenvalue weighted by atomic mass is 10.4. The average molecular weight is 239 g/mol. The minimum atomic E-state index is -3.42. The number of aliphatic hydroxyl groups excluding tert-OH is 1. The first-order valence-corrected chi connectivity index (χ1v) is 7.87. The highest BCUT2D eigenvalue weighted by atomic mass is 32.2. The monoisotopic (exact) mass is 239 g/mol. The summed E-state index contributed by atoms with van der Waals surface area (Å²) in [7, 11) is -3.42. The lowest BCUT2D eigenvalue weighted by molar-refractivity contribution is 0.220. The molecule has 14 heavy (non-hydrogen) atoms. The SMILES string of the molecule is CSC1(C(O)P(=O)(O)CCCN)CC1. The van der Waals surface area contributed by atoms with Crippen LogP contribution in [0, 0.1) is 0 Å². The fourth-order valence-electron chi connectivity index (χ4n) is 1.50. The van der Waals surface area contributed by atoms with E-state index in [1.165, 1.54) is 11.8 Å². The van der Waals surface area contributed by atoms with Gasteiger partial charge in [-0.1, -0.05) is 0 Å². The van der Waals surface area contributed by atoms with Crippen molar-refractivity contribution in [3.05, 3.63) is 0 Å². The van der Waals surface area contributed by atoms with Gasteiger partial charge in [0.25, 0.3) is 0 Å². The van der Waals surface area contributed by atoms with Gasteiger partial charge in [-0.3, -0.25) is 4.57 Å². The standard InChI is InChI=1S/C8H18NO3PS/c1-14-8(3-4-8)7(10)13(11,12)6-2-5-9/h7,10H,2-6,9H2,1H3,(H,11,12). The molecule has 1 fully saturated rings. The van der Waals surface area contributed by atoms with E-state index in [1.807, 2.05) is 6.26 Å². The van der Waals surface area contributed by atoms with E-state index in [9.17, 15) is 14.6 Å². The molecule has 1 aliphatic carbocycles. The van der Waals surface area contributed by atoms with E-state index < -0.39 is 13.2 Å². The van der Waals surface area contributed by atoms with Crippen LogP contribution in [0.25, 0.3) is 0 Å². The third-order valence-corrected chi connectivity index (χ3v) is 6.52. The number of aliphatic hydroxyl groups is 1. The van der Waals surface area contributed by atoms with E-state index in [0.717, 1.165) is 12.8 Å². The van der Waals surface area contributed by atoms with E-state index in [0.29, 0.717) is 13.0 Å². The Kier molecular flexibility index (Phi) is 4.06. The van der Waals surface area contributed by atoms with Gasteiger partial charge in [-0.15, -0.1) is 0 Å². The molecule has 0 aromatic rings. The largest absolute Gasteiger partial charge is 0.382 e. The van der Waals surface area contributed by atoms with Crippen molar-refractivity contribution in [3.63, 3.8) is 0 Å². The fourth-order valence-corrected chi connectivity index (χ4v) is 4.90. The molecule has 0 aliphatic heterocycles. The highest BCUT2D eigenvalue weighted by molar-refractivity contribution is 8.00. The zero-order valence-electron chi connectivity index (χ0n) is 8.35. The summed E-state index contributed by atoms with van der Waals surface area (Å²) in [5.41, 5.74) is 5.27. The second-order valence-electron chi connectivity index (χ2n) is 3.76. The summed E-state index contributed by atoms with van der Waals surface area (Å²) in [5, 5.41) is 9.82. The molecule has 1 aliphatic rings. The zero-order chi connectivity index (χ0) is 10.8. The van der Waals surface area contributed by atoms with Crippen LogP contribution >= 0.6 is 19.1 Å². The maximum atomic E-state index is 11.8. The molecule has 0 amide bonds. The molecule has 4 N–H and O–H groups in total. The number of hydrogen-bond donors (Lipinski definition) is 3. The first kappa shape index (κ1) is 12.5. The van der Waals surface area contributed by atoms with Crippen molar-refractivity contribution >= 4 is 19.1 Å². The minimum absolute atomic E-state index is 0.132. The maximum Gasteiger partial charge on any atom is 0.229 e. The molecule has 0 aromatic carbocycles. The van der Waals surface area contributed by atoms with Crippen molar-refractivity contribution in [2.24, 2.45) is 5.73 Å². The van der Waals surface area contributed by atoms with E-state index >= 15 is 0 Å². The normalized spacial score (nSPS) is 25.4. The van der Waals surface area contributed by atoms with Crippen molar-refractivity contribution in [2.75, 3.05) is 19.0 Å². The Morgan fingerprint density at radius 1 is 1.64 bits per heavy atom. The molecule has 2 atom stereocenters. The highest BCUT2D eigenvalue weighted by Gasteiger charge is 2.54. The van der Waals surface area contributed by atoms with Crippen LogP contribution in [-0.2, 0) is 4.57 Å². The average Bonchev–Trinajstić information content (AvgIpc) is 2.94. The van der Waals surface area contributed by atoms with Crippen LogP contribution < -0.4 is 5.73 Å². The number of thioether (sulfide) groups is 1. The Bertz CT molecular complexity index is 245. The summed E-state index contributed by atoms with van der Waals surface area (Å²) in [6, 6.07) is 0. The van der Waals surface area contributed by atoms with Crippen molar-refractivity contribution in [1.29, 1.82) is 0 Å². The van der Waals surface area contributed by atoms with Crippen molar-refractivity contribution in [3.8, 4) is 0 Å². The Morgan fingerprint density at radius 3 is 2.57 bits per heavy atom. The number of rotatable bonds is 6. The van der Waals surface area contributed by atoms with Crippen molar-refractivity contribution in [1.82, 2.24) is 0 Å². The molecule has 84 valence electrons. The molecule has 1 saturated carbocycles. The Morgan fingerprint density at radius 2 is 2.21 bits per heavy atom. The zero-order valence-corrected chi connectivity index (χ0v) is 10.1. The van der Waals surface area contributed by atoms with Crippen LogP contribution in [0.2, 0.25) is 0 Å². The van der Waals surface area contributed by atoms with Gasteiger partial charge in [0.2, 0.25) is 7.37 Å². The predicted octanol–water partition coefficient (Wildman–Crippen LogP) is 0.820. The molecule has 2 unspecified atom stereocenters. The first-order chi connectivity index (χ1) is 6.48. The minimum Gasteiger partial charge on any atom is -0.382 e. The Hall–Kier alpha value is 0.460. The second-order valence-corrected chi connectivity index (χ2v) is 7.43. The van der Waals surface area contributed by atoms with E-state index in [-0.39, 0.29) is 10.9 Å². The van der Waals surface area contributed by atoms with Gasteiger partial charge in [0, 0.05) is 6.16 Å².